The lowest BCUT2D eigenvalue weighted by Gasteiger charge is -2.28. The highest BCUT2D eigenvalue weighted by Crippen LogP contribution is 2.11. The Morgan fingerprint density at radius 1 is 1.36 bits per heavy atom. The summed E-state index contributed by atoms with van der Waals surface area (Å²) in [6.07, 6.45) is 0. The van der Waals surface area contributed by atoms with Crippen LogP contribution in [0.1, 0.15) is 5.69 Å². The standard InChI is InChI=1S/C10H15N3O/c14-8-9-2-1-3-10(12-9)13-6-4-11-5-7-13/h1-3,11,14H,4-8H2. The first-order valence-electron chi connectivity index (χ1n) is 4.92. The van der Waals surface area contributed by atoms with Crippen molar-refractivity contribution in [2.24, 2.45) is 0 Å². The molecule has 1 aliphatic heterocycles. The number of aromatic nitrogens is 1. The van der Waals surface area contributed by atoms with E-state index < -0.39 is 0 Å². The van der Waals surface area contributed by atoms with Crippen molar-refractivity contribution in [3.8, 4) is 0 Å². The molecular weight excluding hydrogens is 178 g/mol. The molecular formula is C10H15N3O. The number of pyridine rings is 1. The number of rotatable bonds is 2. The second-order valence-corrected chi connectivity index (χ2v) is 3.38. The summed E-state index contributed by atoms with van der Waals surface area (Å²) in [5.41, 5.74) is 0.737. The Kier molecular flexibility index (Phi) is 2.96. The summed E-state index contributed by atoms with van der Waals surface area (Å²) in [7, 11) is 0. The molecule has 1 aromatic heterocycles. The van der Waals surface area contributed by atoms with Crippen molar-refractivity contribution in [1.29, 1.82) is 0 Å². The fourth-order valence-electron chi connectivity index (χ4n) is 1.63. The van der Waals surface area contributed by atoms with Crippen LogP contribution in [0.5, 0.6) is 0 Å². The zero-order valence-corrected chi connectivity index (χ0v) is 8.11. The second-order valence-electron chi connectivity index (χ2n) is 3.38. The van der Waals surface area contributed by atoms with Crippen LogP contribution in [0.2, 0.25) is 0 Å². The van der Waals surface area contributed by atoms with Crippen LogP contribution in [0.4, 0.5) is 5.82 Å². The Bertz CT molecular complexity index is 297. The predicted octanol–water partition coefficient (Wildman–Crippen LogP) is -0.0165. The van der Waals surface area contributed by atoms with Gasteiger partial charge >= 0.3 is 0 Å². The van der Waals surface area contributed by atoms with Crippen molar-refractivity contribution in [3.63, 3.8) is 0 Å². The largest absolute Gasteiger partial charge is 0.390 e. The van der Waals surface area contributed by atoms with Gasteiger partial charge in [-0.05, 0) is 12.1 Å². The van der Waals surface area contributed by atoms with Gasteiger partial charge in [-0.3, -0.25) is 0 Å². The SMILES string of the molecule is OCc1cccc(N2CCNCC2)n1. The zero-order valence-electron chi connectivity index (χ0n) is 8.11. The van der Waals surface area contributed by atoms with Crippen molar-refractivity contribution in [2.45, 2.75) is 6.61 Å². The third kappa shape index (κ3) is 2.02. The Labute approximate surface area is 83.6 Å². The van der Waals surface area contributed by atoms with Gasteiger partial charge in [0.05, 0.1) is 12.3 Å². The number of hydrogen-bond acceptors (Lipinski definition) is 4. The molecule has 4 heteroatoms. The van der Waals surface area contributed by atoms with Gasteiger partial charge in [0.1, 0.15) is 5.82 Å². The summed E-state index contributed by atoms with van der Waals surface area (Å²) in [6, 6.07) is 5.77. The number of nitrogens with zero attached hydrogens (tertiary/aromatic N) is 2. The van der Waals surface area contributed by atoms with Crippen molar-refractivity contribution < 1.29 is 5.11 Å². The summed E-state index contributed by atoms with van der Waals surface area (Å²) in [5.74, 6) is 0.970. The van der Waals surface area contributed by atoms with Gasteiger partial charge in [-0.25, -0.2) is 4.98 Å². The maximum Gasteiger partial charge on any atom is 0.128 e. The fraction of sp³-hybridized carbons (Fsp3) is 0.500. The van der Waals surface area contributed by atoms with E-state index >= 15 is 0 Å². The van der Waals surface area contributed by atoms with Crippen LogP contribution < -0.4 is 10.2 Å². The van der Waals surface area contributed by atoms with Gasteiger partial charge < -0.3 is 15.3 Å². The van der Waals surface area contributed by atoms with Gasteiger partial charge in [0.25, 0.3) is 0 Å². The van der Waals surface area contributed by atoms with Gasteiger partial charge in [-0.1, -0.05) is 6.07 Å². The van der Waals surface area contributed by atoms with Crippen molar-refractivity contribution >= 4 is 5.82 Å². The molecule has 0 saturated carbocycles. The van der Waals surface area contributed by atoms with E-state index in [-0.39, 0.29) is 6.61 Å². The molecule has 14 heavy (non-hydrogen) atoms. The summed E-state index contributed by atoms with van der Waals surface area (Å²) in [5, 5.41) is 12.3. The molecule has 2 N–H and O–H groups in total. The van der Waals surface area contributed by atoms with Gasteiger partial charge in [-0.15, -0.1) is 0 Å². The third-order valence-corrected chi connectivity index (χ3v) is 2.40. The molecule has 1 aromatic rings. The van der Waals surface area contributed by atoms with Crippen LogP contribution in [0.3, 0.4) is 0 Å². The molecule has 76 valence electrons. The molecule has 0 atom stereocenters. The summed E-state index contributed by atoms with van der Waals surface area (Å²) >= 11 is 0. The minimum absolute atomic E-state index is 0.0138. The lowest BCUT2D eigenvalue weighted by Crippen LogP contribution is -2.43. The summed E-state index contributed by atoms with van der Waals surface area (Å²) in [6.45, 7) is 4.00. The quantitative estimate of drug-likeness (QED) is 0.693. The van der Waals surface area contributed by atoms with Gasteiger partial charge in [0, 0.05) is 26.2 Å². The molecule has 0 aliphatic carbocycles. The van der Waals surface area contributed by atoms with Gasteiger partial charge in [0.15, 0.2) is 0 Å². The van der Waals surface area contributed by atoms with E-state index in [4.69, 9.17) is 5.11 Å². The number of aliphatic hydroxyl groups excluding tert-OH is 1. The first-order chi connectivity index (χ1) is 6.90. The Hall–Kier alpha value is -1.13. The summed E-state index contributed by atoms with van der Waals surface area (Å²) in [4.78, 5) is 6.59. The van der Waals surface area contributed by atoms with Crippen LogP contribution in [-0.4, -0.2) is 36.3 Å². The molecule has 1 saturated heterocycles. The maximum absolute atomic E-state index is 8.97. The van der Waals surface area contributed by atoms with E-state index in [0.717, 1.165) is 37.7 Å². The third-order valence-electron chi connectivity index (χ3n) is 2.40. The van der Waals surface area contributed by atoms with Crippen LogP contribution in [0.15, 0.2) is 18.2 Å². The number of hydrogen-bond donors (Lipinski definition) is 2. The average Bonchev–Trinajstić information content (AvgIpc) is 2.30. The highest BCUT2D eigenvalue weighted by molar-refractivity contribution is 5.39. The molecule has 0 spiro atoms. The van der Waals surface area contributed by atoms with Gasteiger partial charge in [0.2, 0.25) is 0 Å². The minimum atomic E-state index is 0.0138. The predicted molar refractivity (Wildman–Crippen MR) is 55.2 cm³/mol. The molecule has 0 radical (unpaired) electrons. The Morgan fingerprint density at radius 3 is 2.86 bits per heavy atom. The second kappa shape index (κ2) is 4.39. The smallest absolute Gasteiger partial charge is 0.128 e. The van der Waals surface area contributed by atoms with E-state index in [1.54, 1.807) is 0 Å². The highest BCUT2D eigenvalue weighted by atomic mass is 16.3. The number of nitrogens with one attached hydrogen (secondary N) is 1. The zero-order chi connectivity index (χ0) is 9.80. The lowest BCUT2D eigenvalue weighted by atomic mass is 10.3. The van der Waals surface area contributed by atoms with E-state index in [2.05, 4.69) is 15.2 Å². The van der Waals surface area contributed by atoms with E-state index in [1.807, 2.05) is 18.2 Å². The van der Waals surface area contributed by atoms with Crippen molar-refractivity contribution in [2.75, 3.05) is 31.1 Å². The van der Waals surface area contributed by atoms with Crippen LogP contribution >= 0.6 is 0 Å². The molecule has 2 rings (SSSR count). The monoisotopic (exact) mass is 193 g/mol. The average molecular weight is 193 g/mol. The Morgan fingerprint density at radius 2 is 2.14 bits per heavy atom. The molecule has 4 nitrogen and oxygen atoms in total. The molecule has 1 fully saturated rings. The minimum Gasteiger partial charge on any atom is -0.390 e. The van der Waals surface area contributed by atoms with Gasteiger partial charge in [-0.2, -0.15) is 0 Å². The van der Waals surface area contributed by atoms with E-state index in [0.29, 0.717) is 0 Å². The van der Waals surface area contributed by atoms with Crippen molar-refractivity contribution in [1.82, 2.24) is 10.3 Å². The number of anilines is 1. The first kappa shape index (κ1) is 9.43. The van der Waals surface area contributed by atoms with E-state index in [1.165, 1.54) is 0 Å². The summed E-state index contributed by atoms with van der Waals surface area (Å²) < 4.78 is 0. The normalized spacial score (nSPS) is 17.1. The lowest BCUT2D eigenvalue weighted by molar-refractivity contribution is 0.277. The number of aliphatic hydroxyl groups is 1. The van der Waals surface area contributed by atoms with E-state index in [9.17, 15) is 0 Å². The maximum atomic E-state index is 8.97. The van der Waals surface area contributed by atoms with Crippen LogP contribution in [0.25, 0.3) is 0 Å². The number of piperazine rings is 1. The fourth-order valence-corrected chi connectivity index (χ4v) is 1.63. The van der Waals surface area contributed by atoms with Crippen LogP contribution in [0, 0.1) is 0 Å². The molecule has 1 aliphatic rings. The van der Waals surface area contributed by atoms with Crippen LogP contribution in [-0.2, 0) is 6.61 Å². The molecule has 2 heterocycles. The Balaban J connectivity index is 2.13. The molecule has 0 unspecified atom stereocenters. The molecule has 0 bridgehead atoms. The molecule has 0 aromatic carbocycles. The highest BCUT2D eigenvalue weighted by Gasteiger charge is 2.11. The molecule has 0 amide bonds. The topological polar surface area (TPSA) is 48.4 Å². The van der Waals surface area contributed by atoms with Crippen molar-refractivity contribution in [3.05, 3.63) is 23.9 Å². The first-order valence-corrected chi connectivity index (χ1v) is 4.92.